The van der Waals surface area contributed by atoms with Gasteiger partial charge < -0.3 is 0 Å². The number of sulfonamides is 1. The molecule has 0 saturated carbocycles. The summed E-state index contributed by atoms with van der Waals surface area (Å²) in [7, 11) is -3.46. The largest absolute Gasteiger partial charge is 0.243 e. The summed E-state index contributed by atoms with van der Waals surface area (Å²) in [4.78, 5) is 2.80. The first-order valence-electron chi connectivity index (χ1n) is 12.2. The van der Waals surface area contributed by atoms with Gasteiger partial charge in [-0.15, -0.1) is 23.5 Å². The van der Waals surface area contributed by atoms with Crippen LogP contribution in [0.2, 0.25) is 0 Å². The molecule has 3 heterocycles. The molecule has 3 aliphatic heterocycles. The van der Waals surface area contributed by atoms with Crippen molar-refractivity contribution in [1.29, 1.82) is 0 Å². The molecule has 0 fully saturated rings. The Bertz CT molecular complexity index is 1060. The van der Waals surface area contributed by atoms with E-state index in [4.69, 9.17) is 0 Å². The van der Waals surface area contributed by atoms with E-state index in [0.29, 0.717) is 18.0 Å². The van der Waals surface area contributed by atoms with Gasteiger partial charge in [0.15, 0.2) is 0 Å². The average Bonchev–Trinajstić information content (AvgIpc) is 3.53. The standard InChI is InChI=1S/C25H33NO2S7/c1-4-6-8-14-29-22-23(30-15-9-7-5-2)34-25(33-22)24-31-20-16-26(17-21(20)32-24)35(27,28)19-12-10-18(3)11-13-19/h10-13H,4-9,14-17H2,1-3H3. The molecule has 0 aromatic heterocycles. The Labute approximate surface area is 237 Å². The topological polar surface area (TPSA) is 37.4 Å². The molecule has 192 valence electrons. The molecule has 0 radical (unpaired) electrons. The van der Waals surface area contributed by atoms with Gasteiger partial charge in [-0.05, 0) is 43.4 Å². The van der Waals surface area contributed by atoms with Crippen LogP contribution in [0.5, 0.6) is 0 Å². The summed E-state index contributed by atoms with van der Waals surface area (Å²) < 4.78 is 33.6. The molecule has 0 bridgehead atoms. The number of hydrogen-bond donors (Lipinski definition) is 0. The smallest absolute Gasteiger partial charge is 0.207 e. The zero-order valence-electron chi connectivity index (χ0n) is 20.5. The summed E-state index contributed by atoms with van der Waals surface area (Å²) in [6.45, 7) is 7.47. The highest BCUT2D eigenvalue weighted by atomic mass is 32.3. The molecule has 0 spiro atoms. The van der Waals surface area contributed by atoms with Crippen LogP contribution >= 0.6 is 70.6 Å². The van der Waals surface area contributed by atoms with Gasteiger partial charge in [0.2, 0.25) is 10.0 Å². The van der Waals surface area contributed by atoms with Crippen molar-refractivity contribution in [1.82, 2.24) is 4.31 Å². The third-order valence-electron chi connectivity index (χ3n) is 5.71. The lowest BCUT2D eigenvalue weighted by molar-refractivity contribution is 0.486. The summed E-state index contributed by atoms with van der Waals surface area (Å²) in [5.74, 6) is 2.39. The van der Waals surface area contributed by atoms with Crippen molar-refractivity contribution in [2.24, 2.45) is 0 Å². The van der Waals surface area contributed by atoms with Crippen molar-refractivity contribution in [3.8, 4) is 0 Å². The molecule has 10 heteroatoms. The van der Waals surface area contributed by atoms with E-state index in [0.717, 1.165) is 5.56 Å². The summed E-state index contributed by atoms with van der Waals surface area (Å²) in [5, 5.41) is 0. The Hall–Kier alpha value is 0.450. The molecular weight excluding hydrogens is 571 g/mol. The fourth-order valence-electron chi connectivity index (χ4n) is 3.65. The molecule has 0 unspecified atom stereocenters. The minimum atomic E-state index is -3.46. The van der Waals surface area contributed by atoms with Gasteiger partial charge in [0, 0.05) is 22.9 Å². The van der Waals surface area contributed by atoms with E-state index in [1.165, 1.54) is 76.8 Å². The zero-order valence-corrected chi connectivity index (χ0v) is 26.2. The number of thioether (sulfide) groups is 6. The van der Waals surface area contributed by atoms with Crippen LogP contribution in [0, 0.1) is 6.92 Å². The zero-order chi connectivity index (χ0) is 24.8. The van der Waals surface area contributed by atoms with Crippen LogP contribution in [0.3, 0.4) is 0 Å². The predicted octanol–water partition coefficient (Wildman–Crippen LogP) is 9.27. The molecule has 1 aromatic rings. The molecule has 4 rings (SSSR count). The van der Waals surface area contributed by atoms with Crippen LogP contribution in [0.15, 0.2) is 55.9 Å². The maximum atomic E-state index is 13.1. The molecule has 0 saturated heterocycles. The molecule has 3 nitrogen and oxygen atoms in total. The van der Waals surface area contributed by atoms with Crippen LogP contribution in [-0.4, -0.2) is 37.3 Å². The van der Waals surface area contributed by atoms with Crippen molar-refractivity contribution in [3.05, 3.63) is 56.6 Å². The molecule has 0 N–H and O–H groups in total. The lowest BCUT2D eigenvalue weighted by Crippen LogP contribution is -2.29. The van der Waals surface area contributed by atoms with Crippen LogP contribution in [0.4, 0.5) is 0 Å². The van der Waals surface area contributed by atoms with Gasteiger partial charge >= 0.3 is 0 Å². The molecule has 0 amide bonds. The van der Waals surface area contributed by atoms with Crippen LogP contribution in [-0.2, 0) is 10.0 Å². The number of aryl methyl sites for hydroxylation is 1. The van der Waals surface area contributed by atoms with Crippen LogP contribution in [0.25, 0.3) is 0 Å². The second kappa shape index (κ2) is 13.5. The van der Waals surface area contributed by atoms with Gasteiger partial charge in [0.05, 0.1) is 21.8 Å². The van der Waals surface area contributed by atoms with E-state index in [9.17, 15) is 8.42 Å². The third kappa shape index (κ3) is 7.31. The second-order valence-corrected chi connectivity index (χ2v) is 18.0. The van der Waals surface area contributed by atoms with E-state index < -0.39 is 10.0 Å². The molecule has 0 atom stereocenters. The van der Waals surface area contributed by atoms with Crippen molar-refractivity contribution < 1.29 is 8.42 Å². The maximum Gasteiger partial charge on any atom is 0.243 e. The summed E-state index contributed by atoms with van der Waals surface area (Å²) >= 11 is 11.5. The first kappa shape index (κ1) is 28.5. The molecule has 1 aromatic carbocycles. The van der Waals surface area contributed by atoms with Gasteiger partial charge in [0.25, 0.3) is 0 Å². The van der Waals surface area contributed by atoms with Crippen molar-refractivity contribution in [2.75, 3.05) is 24.6 Å². The molecule has 0 aliphatic carbocycles. The summed E-state index contributed by atoms with van der Waals surface area (Å²) in [6, 6.07) is 7.18. The van der Waals surface area contributed by atoms with Gasteiger partial charge in [0.1, 0.15) is 0 Å². The number of unbranched alkanes of at least 4 members (excludes halogenated alkanes) is 4. The van der Waals surface area contributed by atoms with Gasteiger partial charge in [-0.2, -0.15) is 4.31 Å². The number of rotatable bonds is 12. The van der Waals surface area contributed by atoms with E-state index in [2.05, 4.69) is 13.8 Å². The Balaban J connectivity index is 1.38. The number of nitrogens with zero attached hydrogens (tertiary/aromatic N) is 1. The number of hydrogen-bond acceptors (Lipinski definition) is 8. The third-order valence-corrected chi connectivity index (χ3v) is 16.4. The molecular formula is C25H33NO2S7. The van der Waals surface area contributed by atoms with Crippen molar-refractivity contribution in [3.63, 3.8) is 0 Å². The first-order chi connectivity index (χ1) is 16.9. The van der Waals surface area contributed by atoms with E-state index >= 15 is 0 Å². The molecule has 35 heavy (non-hydrogen) atoms. The van der Waals surface area contributed by atoms with E-state index in [-0.39, 0.29) is 0 Å². The van der Waals surface area contributed by atoms with Crippen molar-refractivity contribution in [2.45, 2.75) is 64.2 Å². The van der Waals surface area contributed by atoms with E-state index in [1.54, 1.807) is 40.0 Å². The fourth-order valence-corrected chi connectivity index (χ4v) is 14.3. The lowest BCUT2D eigenvalue weighted by Gasteiger charge is -2.18. The highest BCUT2D eigenvalue weighted by Gasteiger charge is 2.38. The SMILES string of the molecule is CCCCCSC1=C(SCCCCC)SC(=C2SC3=C(CN(S(=O)(=O)c4ccc(C)cc4)C3)S2)S1. The Kier molecular flexibility index (Phi) is 11.0. The quantitative estimate of drug-likeness (QED) is 0.219. The Morgan fingerprint density at radius 2 is 1.26 bits per heavy atom. The van der Waals surface area contributed by atoms with Gasteiger partial charge in [-0.25, -0.2) is 8.42 Å². The highest BCUT2D eigenvalue weighted by Crippen LogP contribution is 2.64. The minimum Gasteiger partial charge on any atom is -0.207 e. The summed E-state index contributed by atoms with van der Waals surface area (Å²) in [5.41, 5.74) is 1.07. The highest BCUT2D eigenvalue weighted by molar-refractivity contribution is 8.42. The Morgan fingerprint density at radius 1 is 0.771 bits per heavy atom. The minimum absolute atomic E-state index is 0.387. The monoisotopic (exact) mass is 603 g/mol. The second-order valence-electron chi connectivity index (χ2n) is 8.60. The van der Waals surface area contributed by atoms with E-state index in [1.807, 2.05) is 66.1 Å². The normalized spacial score (nSPS) is 18.9. The van der Waals surface area contributed by atoms with Gasteiger partial charge in [-0.3, -0.25) is 0 Å². The number of benzene rings is 1. The predicted molar refractivity (Wildman–Crippen MR) is 165 cm³/mol. The average molecular weight is 604 g/mol. The Morgan fingerprint density at radius 3 is 1.74 bits per heavy atom. The van der Waals surface area contributed by atoms with Gasteiger partial charge in [-0.1, -0.05) is 104 Å². The van der Waals surface area contributed by atoms with Crippen LogP contribution < -0.4 is 0 Å². The fraction of sp³-hybridized carbons (Fsp3) is 0.520. The van der Waals surface area contributed by atoms with Crippen LogP contribution in [0.1, 0.15) is 57.9 Å². The van der Waals surface area contributed by atoms with Crippen molar-refractivity contribution >= 4 is 80.6 Å². The molecule has 3 aliphatic rings. The maximum absolute atomic E-state index is 13.1. The first-order valence-corrected chi connectivity index (χ1v) is 18.8. The summed E-state index contributed by atoms with van der Waals surface area (Å²) in [6.07, 6.45) is 7.68. The lowest BCUT2D eigenvalue weighted by atomic mass is 10.2.